The number of nitrogens with zero attached hydrogens (tertiary/aromatic N) is 4. The first kappa shape index (κ1) is 32.5. The quantitative estimate of drug-likeness (QED) is 0.202. The number of hydrogen-bond acceptors (Lipinski definition) is 5. The molecule has 0 atom stereocenters. The number of benzene rings is 3. The zero-order chi connectivity index (χ0) is 33.2. The number of thioether (sulfide) groups is 1. The number of aryl methyl sites for hydroxylation is 1. The molecular weight excluding hydrogens is 643 g/mol. The van der Waals surface area contributed by atoms with E-state index in [1.165, 1.54) is 53.5 Å². The number of carbonyl (C=O) groups excluding carboxylic acids is 2. The maximum absolute atomic E-state index is 15.0. The number of hydrogen-bond donors (Lipinski definition) is 1. The summed E-state index contributed by atoms with van der Waals surface area (Å²) < 4.78 is 98.3. The number of amidine groups is 1. The van der Waals surface area contributed by atoms with Crippen molar-refractivity contribution in [2.45, 2.75) is 25.7 Å². The molecule has 1 fully saturated rings. The molecule has 1 aliphatic heterocycles. The molecule has 0 radical (unpaired) electrons. The lowest BCUT2D eigenvalue weighted by Gasteiger charge is -2.20. The van der Waals surface area contributed by atoms with E-state index in [0.29, 0.717) is 22.5 Å². The zero-order valence-corrected chi connectivity index (χ0v) is 24.4. The van der Waals surface area contributed by atoms with Crippen molar-refractivity contribution in [1.82, 2.24) is 9.55 Å². The van der Waals surface area contributed by atoms with E-state index in [9.17, 15) is 35.9 Å². The molecule has 8 nitrogen and oxygen atoms in total. The lowest BCUT2D eigenvalue weighted by atomic mass is 10.1. The van der Waals surface area contributed by atoms with Crippen LogP contribution in [0, 0.1) is 12.7 Å². The molecule has 16 heteroatoms. The van der Waals surface area contributed by atoms with Gasteiger partial charge in [0.1, 0.15) is 11.6 Å². The fraction of sp³-hybridized carbons (Fsp3) is 0.200. The summed E-state index contributed by atoms with van der Waals surface area (Å²) in [5.74, 6) is -1.46. The molecular formula is C30H22F7N5O3S. The van der Waals surface area contributed by atoms with Gasteiger partial charge in [0.25, 0.3) is 0 Å². The van der Waals surface area contributed by atoms with E-state index in [0.717, 1.165) is 34.9 Å². The van der Waals surface area contributed by atoms with Gasteiger partial charge in [0.05, 0.1) is 47.7 Å². The Morgan fingerprint density at radius 3 is 2.46 bits per heavy atom. The molecule has 1 saturated heterocycles. The van der Waals surface area contributed by atoms with E-state index in [2.05, 4.69) is 15.3 Å². The van der Waals surface area contributed by atoms with Gasteiger partial charge in [-0.25, -0.2) is 14.2 Å². The van der Waals surface area contributed by atoms with Gasteiger partial charge >= 0.3 is 18.4 Å². The van der Waals surface area contributed by atoms with E-state index >= 15 is 4.39 Å². The standard InChI is InChI=1S/C30H22F7N5O3S/c1-17-2-9-25(45-11-10-29(32,33)34)24(12-17)42-26(43)15-46-28(42)40-27(44)39-22-8-3-18(13-21(22)31)23-14-41(16-38-23)20-6-4-19(5-7-20)30(35,36)37/h2-9,12-14,16H,10-11,15H2,1H3,(H,39,44). The largest absolute Gasteiger partial charge is 0.491 e. The van der Waals surface area contributed by atoms with Gasteiger partial charge in [-0.1, -0.05) is 23.9 Å². The Balaban J connectivity index is 1.30. The number of alkyl halides is 6. The summed E-state index contributed by atoms with van der Waals surface area (Å²) >= 11 is 0.911. The van der Waals surface area contributed by atoms with Crippen molar-refractivity contribution in [3.8, 4) is 22.7 Å². The molecule has 1 N–H and O–H groups in total. The third-order valence-corrected chi connectivity index (χ3v) is 7.47. The van der Waals surface area contributed by atoms with Gasteiger partial charge < -0.3 is 14.6 Å². The number of rotatable bonds is 7. The predicted octanol–water partition coefficient (Wildman–Crippen LogP) is 8.00. The molecule has 0 spiro atoms. The first-order chi connectivity index (χ1) is 21.7. The second kappa shape index (κ2) is 12.9. The molecule has 0 saturated carbocycles. The first-order valence-corrected chi connectivity index (χ1v) is 14.3. The summed E-state index contributed by atoms with van der Waals surface area (Å²) in [5, 5.41) is 2.22. The van der Waals surface area contributed by atoms with Gasteiger partial charge in [-0.15, -0.1) is 0 Å². The molecule has 1 aliphatic rings. The summed E-state index contributed by atoms with van der Waals surface area (Å²) in [4.78, 5) is 34.7. The number of carbonyl (C=O) groups is 2. The second-order valence-corrected chi connectivity index (χ2v) is 10.9. The molecule has 2 heterocycles. The van der Waals surface area contributed by atoms with Gasteiger partial charge in [0.2, 0.25) is 5.91 Å². The molecule has 240 valence electrons. The van der Waals surface area contributed by atoms with Gasteiger partial charge in [-0.2, -0.15) is 31.3 Å². The number of urea groups is 1. The minimum absolute atomic E-state index is 0.0128. The summed E-state index contributed by atoms with van der Waals surface area (Å²) in [7, 11) is 0. The van der Waals surface area contributed by atoms with Crippen LogP contribution in [0.2, 0.25) is 0 Å². The summed E-state index contributed by atoms with van der Waals surface area (Å²) in [6, 6.07) is 11.7. The van der Waals surface area contributed by atoms with Crippen LogP contribution in [-0.4, -0.2) is 45.2 Å². The lowest BCUT2D eigenvalue weighted by molar-refractivity contribution is -0.139. The Hall–Kier alpha value is -4.86. The molecule has 3 amide bonds. The van der Waals surface area contributed by atoms with Crippen molar-refractivity contribution in [2.75, 3.05) is 22.6 Å². The minimum atomic E-state index is -4.48. The Morgan fingerprint density at radius 1 is 1.04 bits per heavy atom. The van der Waals surface area contributed by atoms with Crippen LogP contribution in [-0.2, 0) is 11.0 Å². The topological polar surface area (TPSA) is 88.8 Å². The number of ether oxygens (including phenoxy) is 1. The highest BCUT2D eigenvalue weighted by molar-refractivity contribution is 8.15. The van der Waals surface area contributed by atoms with Crippen LogP contribution in [0.5, 0.6) is 5.75 Å². The Morgan fingerprint density at radius 2 is 1.78 bits per heavy atom. The maximum Gasteiger partial charge on any atom is 0.416 e. The lowest BCUT2D eigenvalue weighted by Crippen LogP contribution is -2.31. The van der Waals surface area contributed by atoms with Crippen LogP contribution < -0.4 is 15.0 Å². The molecule has 5 rings (SSSR count). The number of amides is 3. The second-order valence-electron chi connectivity index (χ2n) is 9.93. The third kappa shape index (κ3) is 7.67. The highest BCUT2D eigenvalue weighted by atomic mass is 32.2. The molecule has 3 aromatic carbocycles. The Kier molecular flexibility index (Phi) is 9.10. The fourth-order valence-electron chi connectivity index (χ4n) is 4.32. The van der Waals surface area contributed by atoms with Crippen LogP contribution in [0.25, 0.3) is 16.9 Å². The predicted molar refractivity (Wildman–Crippen MR) is 158 cm³/mol. The highest BCUT2D eigenvalue weighted by Crippen LogP contribution is 2.36. The highest BCUT2D eigenvalue weighted by Gasteiger charge is 2.34. The summed E-state index contributed by atoms with van der Waals surface area (Å²) in [5.41, 5.74) is 0.744. The van der Waals surface area contributed by atoms with Crippen molar-refractivity contribution >= 4 is 40.2 Å². The Bertz CT molecular complexity index is 1800. The molecule has 46 heavy (non-hydrogen) atoms. The molecule has 0 bridgehead atoms. The van der Waals surface area contributed by atoms with E-state index in [1.54, 1.807) is 13.0 Å². The van der Waals surface area contributed by atoms with E-state index in [4.69, 9.17) is 4.74 Å². The average Bonchev–Trinajstić information content (AvgIpc) is 3.61. The molecule has 0 aliphatic carbocycles. The number of aliphatic imine (C=N–C) groups is 1. The summed E-state index contributed by atoms with van der Waals surface area (Å²) in [6.07, 6.45) is -7.28. The number of anilines is 2. The van der Waals surface area contributed by atoms with Crippen molar-refractivity contribution in [3.05, 3.63) is 90.1 Å². The number of halogens is 7. The first-order valence-electron chi connectivity index (χ1n) is 13.3. The van der Waals surface area contributed by atoms with Crippen LogP contribution >= 0.6 is 11.8 Å². The van der Waals surface area contributed by atoms with Gasteiger partial charge in [-0.05, 0) is 61.0 Å². The van der Waals surface area contributed by atoms with E-state index in [1.807, 2.05) is 0 Å². The summed E-state index contributed by atoms with van der Waals surface area (Å²) in [6.45, 7) is 1.01. The number of aromatic nitrogens is 2. The minimum Gasteiger partial charge on any atom is -0.491 e. The third-order valence-electron chi connectivity index (χ3n) is 6.54. The fourth-order valence-corrected chi connectivity index (χ4v) is 5.18. The van der Waals surface area contributed by atoms with E-state index in [-0.39, 0.29) is 28.0 Å². The van der Waals surface area contributed by atoms with Gasteiger partial charge in [-0.3, -0.25) is 9.69 Å². The van der Waals surface area contributed by atoms with Gasteiger partial charge in [0.15, 0.2) is 5.17 Å². The van der Waals surface area contributed by atoms with Crippen LogP contribution in [0.1, 0.15) is 17.5 Å². The smallest absolute Gasteiger partial charge is 0.416 e. The zero-order valence-electron chi connectivity index (χ0n) is 23.6. The van der Waals surface area contributed by atoms with Crippen molar-refractivity contribution in [2.24, 2.45) is 4.99 Å². The van der Waals surface area contributed by atoms with Crippen molar-refractivity contribution in [1.29, 1.82) is 0 Å². The molecule has 0 unspecified atom stereocenters. The van der Waals surface area contributed by atoms with Crippen LogP contribution in [0.4, 0.5) is 46.9 Å². The average molecular weight is 666 g/mol. The van der Waals surface area contributed by atoms with Crippen molar-refractivity contribution < 1.29 is 45.1 Å². The SMILES string of the molecule is Cc1ccc(OCCC(F)(F)F)c(N2C(=O)CSC2=NC(=O)Nc2ccc(-c3cn(-c4ccc(C(F)(F)F)cc4)cn3)cc2F)c1. The normalized spacial score (nSPS) is 14.7. The number of imidazole rings is 1. The molecule has 1 aromatic heterocycles. The van der Waals surface area contributed by atoms with Crippen LogP contribution in [0.3, 0.4) is 0 Å². The van der Waals surface area contributed by atoms with Gasteiger partial charge in [0, 0.05) is 17.4 Å². The van der Waals surface area contributed by atoms with Crippen molar-refractivity contribution in [3.63, 3.8) is 0 Å². The maximum atomic E-state index is 15.0. The Labute approximate surface area is 260 Å². The monoisotopic (exact) mass is 665 g/mol. The van der Waals surface area contributed by atoms with E-state index < -0.39 is 48.7 Å². The molecule has 4 aromatic rings. The number of nitrogens with one attached hydrogen (secondary N) is 1. The van der Waals surface area contributed by atoms with Crippen LogP contribution in [0.15, 0.2) is 78.2 Å².